The van der Waals surface area contributed by atoms with Gasteiger partial charge in [0.05, 0.1) is 11.6 Å². The highest BCUT2D eigenvalue weighted by Gasteiger charge is 2.50. The predicted octanol–water partition coefficient (Wildman–Crippen LogP) is 5.02. The van der Waals surface area contributed by atoms with Crippen LogP contribution in [0.2, 0.25) is 0 Å². The molecule has 1 saturated carbocycles. The highest BCUT2D eigenvalue weighted by Crippen LogP contribution is 2.49. The summed E-state index contributed by atoms with van der Waals surface area (Å²) in [5.41, 5.74) is 1.39. The van der Waals surface area contributed by atoms with Gasteiger partial charge >= 0.3 is 5.63 Å². The molecule has 6 nitrogen and oxygen atoms in total. The smallest absolute Gasteiger partial charge is 0.336 e. The molecule has 1 aliphatic carbocycles. The second-order valence-corrected chi connectivity index (χ2v) is 9.94. The van der Waals surface area contributed by atoms with Crippen molar-refractivity contribution in [1.29, 1.82) is 0 Å². The van der Waals surface area contributed by atoms with Crippen LogP contribution in [0.15, 0.2) is 63.8 Å². The number of aliphatic hydroxyl groups is 1. The van der Waals surface area contributed by atoms with Gasteiger partial charge in [-0.1, -0.05) is 56.5 Å². The van der Waals surface area contributed by atoms with Crippen LogP contribution in [0.5, 0.6) is 5.75 Å². The Labute approximate surface area is 205 Å². The average molecular weight is 476 g/mol. The fraction of sp³-hybridized carbons (Fsp3) is 0.448. The summed E-state index contributed by atoms with van der Waals surface area (Å²) >= 11 is 0. The van der Waals surface area contributed by atoms with Gasteiger partial charge in [0.25, 0.3) is 5.91 Å². The van der Waals surface area contributed by atoms with E-state index in [1.807, 2.05) is 47.4 Å². The first-order valence-electron chi connectivity index (χ1n) is 12.7. The molecule has 6 heteroatoms. The SMILES string of the molecule is CCCc1cc(=O)oc2cc(OCC(=O)N3CC[C@]4(O)CCCC[C@H]4[C@H]3c3ccccc3)ccc12. The molecule has 1 aliphatic heterocycles. The lowest BCUT2D eigenvalue weighted by Crippen LogP contribution is -2.56. The molecule has 3 aromatic rings. The second kappa shape index (κ2) is 9.86. The highest BCUT2D eigenvalue weighted by atomic mass is 16.5. The summed E-state index contributed by atoms with van der Waals surface area (Å²) in [6.07, 6.45) is 6.12. The van der Waals surface area contributed by atoms with Crippen molar-refractivity contribution in [2.45, 2.75) is 63.5 Å². The van der Waals surface area contributed by atoms with Gasteiger partial charge in [0.1, 0.15) is 11.3 Å². The molecular weight excluding hydrogens is 442 g/mol. The number of aryl methyl sites for hydroxylation is 1. The lowest BCUT2D eigenvalue weighted by molar-refractivity contribution is -0.157. The molecule has 184 valence electrons. The molecular formula is C29H33NO5. The van der Waals surface area contributed by atoms with Crippen LogP contribution in [-0.2, 0) is 11.2 Å². The average Bonchev–Trinajstić information content (AvgIpc) is 2.86. The van der Waals surface area contributed by atoms with E-state index in [2.05, 4.69) is 6.92 Å². The van der Waals surface area contributed by atoms with E-state index in [9.17, 15) is 14.7 Å². The number of carbonyl (C=O) groups is 1. The van der Waals surface area contributed by atoms with Gasteiger partial charge in [0, 0.05) is 30.0 Å². The standard InChI is InChI=1S/C29H33NO5/c1-2-8-21-17-27(32)35-25-18-22(12-13-23(21)25)34-19-26(31)30-16-15-29(33)14-7-6-11-24(29)28(30)20-9-4-3-5-10-20/h3-5,9-10,12-13,17-18,24,28,33H,2,6-8,11,14-16,19H2,1H3/t24-,28+,29+/m0/s1. The molecule has 1 amide bonds. The Hall–Kier alpha value is -3.12. The van der Waals surface area contributed by atoms with Gasteiger partial charge < -0.3 is 19.2 Å². The molecule has 3 atom stereocenters. The molecule has 1 aromatic heterocycles. The number of carbonyl (C=O) groups excluding carboxylic acids is 1. The van der Waals surface area contributed by atoms with E-state index >= 15 is 0 Å². The molecule has 0 spiro atoms. The summed E-state index contributed by atoms with van der Waals surface area (Å²) in [5.74, 6) is 0.404. The number of hydrogen-bond donors (Lipinski definition) is 1. The fourth-order valence-corrected chi connectivity index (χ4v) is 6.03. The van der Waals surface area contributed by atoms with Crippen LogP contribution in [0.3, 0.4) is 0 Å². The van der Waals surface area contributed by atoms with E-state index in [1.165, 1.54) is 0 Å². The predicted molar refractivity (Wildman–Crippen MR) is 134 cm³/mol. The van der Waals surface area contributed by atoms with Crippen molar-refractivity contribution in [3.05, 3.63) is 76.1 Å². The van der Waals surface area contributed by atoms with Gasteiger partial charge in [-0.3, -0.25) is 4.79 Å². The topological polar surface area (TPSA) is 80.0 Å². The van der Waals surface area contributed by atoms with Crippen molar-refractivity contribution >= 4 is 16.9 Å². The first-order valence-corrected chi connectivity index (χ1v) is 12.7. The number of amides is 1. The number of likely N-dealkylation sites (tertiary alicyclic amines) is 1. The van der Waals surface area contributed by atoms with Crippen LogP contribution in [0.1, 0.15) is 62.6 Å². The lowest BCUT2D eigenvalue weighted by Gasteiger charge is -2.52. The molecule has 0 unspecified atom stereocenters. The van der Waals surface area contributed by atoms with Crippen molar-refractivity contribution in [2.75, 3.05) is 13.2 Å². The van der Waals surface area contributed by atoms with Crippen molar-refractivity contribution in [2.24, 2.45) is 5.92 Å². The summed E-state index contributed by atoms with van der Waals surface area (Å²) in [7, 11) is 0. The number of hydrogen-bond acceptors (Lipinski definition) is 5. The van der Waals surface area contributed by atoms with Crippen molar-refractivity contribution < 1.29 is 19.1 Å². The van der Waals surface area contributed by atoms with Gasteiger partial charge in [0.15, 0.2) is 6.61 Å². The van der Waals surface area contributed by atoms with Crippen molar-refractivity contribution in [1.82, 2.24) is 4.90 Å². The molecule has 35 heavy (non-hydrogen) atoms. The van der Waals surface area contributed by atoms with Crippen LogP contribution in [0.25, 0.3) is 11.0 Å². The lowest BCUT2D eigenvalue weighted by atomic mass is 9.66. The normalized spacial score (nSPS) is 24.2. The molecule has 1 saturated heterocycles. The van der Waals surface area contributed by atoms with Crippen molar-refractivity contribution in [3.63, 3.8) is 0 Å². The minimum atomic E-state index is -0.720. The Morgan fingerprint density at radius 3 is 2.77 bits per heavy atom. The molecule has 0 bridgehead atoms. The molecule has 1 N–H and O–H groups in total. The van der Waals surface area contributed by atoms with E-state index in [4.69, 9.17) is 9.15 Å². The highest BCUT2D eigenvalue weighted by molar-refractivity contribution is 5.82. The quantitative estimate of drug-likeness (QED) is 0.507. The van der Waals surface area contributed by atoms with Crippen LogP contribution < -0.4 is 10.4 Å². The number of benzene rings is 2. The fourth-order valence-electron chi connectivity index (χ4n) is 6.03. The summed E-state index contributed by atoms with van der Waals surface area (Å²) < 4.78 is 11.3. The molecule has 5 rings (SSSR count). The first-order chi connectivity index (χ1) is 17.0. The molecule has 2 aromatic carbocycles. The van der Waals surface area contributed by atoms with Crippen LogP contribution in [0, 0.1) is 5.92 Å². The van der Waals surface area contributed by atoms with E-state index in [0.717, 1.165) is 55.0 Å². The number of piperidine rings is 1. The van der Waals surface area contributed by atoms with E-state index in [-0.39, 0.29) is 30.1 Å². The van der Waals surface area contributed by atoms with Gasteiger partial charge in [-0.25, -0.2) is 4.79 Å². The van der Waals surface area contributed by atoms with Crippen LogP contribution in [-0.4, -0.2) is 34.7 Å². The third-order valence-electron chi connectivity index (χ3n) is 7.71. The van der Waals surface area contributed by atoms with Gasteiger partial charge in [-0.2, -0.15) is 0 Å². The summed E-state index contributed by atoms with van der Waals surface area (Å²) in [4.78, 5) is 27.3. The number of nitrogens with zero attached hydrogens (tertiary/aromatic N) is 1. The van der Waals surface area contributed by atoms with Gasteiger partial charge in [-0.15, -0.1) is 0 Å². The van der Waals surface area contributed by atoms with Crippen LogP contribution in [0.4, 0.5) is 0 Å². The van der Waals surface area contributed by atoms with Crippen molar-refractivity contribution in [3.8, 4) is 5.75 Å². The maximum Gasteiger partial charge on any atom is 0.336 e. The third kappa shape index (κ3) is 4.72. The third-order valence-corrected chi connectivity index (χ3v) is 7.71. The zero-order valence-corrected chi connectivity index (χ0v) is 20.2. The maximum atomic E-state index is 13.4. The summed E-state index contributed by atoms with van der Waals surface area (Å²) in [6, 6.07) is 16.8. The van der Waals surface area contributed by atoms with E-state index in [1.54, 1.807) is 12.1 Å². The Kier molecular flexibility index (Phi) is 6.65. The summed E-state index contributed by atoms with van der Waals surface area (Å²) in [5, 5.41) is 12.3. The largest absolute Gasteiger partial charge is 0.484 e. The number of rotatable bonds is 6. The maximum absolute atomic E-state index is 13.4. The molecule has 2 aliphatic rings. The molecule has 2 fully saturated rings. The Balaban J connectivity index is 1.37. The number of fused-ring (bicyclic) bond motifs is 2. The minimum absolute atomic E-state index is 0.0169. The van der Waals surface area contributed by atoms with E-state index in [0.29, 0.717) is 24.3 Å². The number of ether oxygens (including phenoxy) is 1. The Morgan fingerprint density at radius 2 is 1.97 bits per heavy atom. The Morgan fingerprint density at radius 1 is 1.14 bits per heavy atom. The van der Waals surface area contributed by atoms with Crippen LogP contribution >= 0.6 is 0 Å². The second-order valence-electron chi connectivity index (χ2n) is 9.94. The zero-order valence-electron chi connectivity index (χ0n) is 20.2. The zero-order chi connectivity index (χ0) is 24.4. The Bertz CT molecular complexity index is 1250. The monoisotopic (exact) mass is 475 g/mol. The van der Waals surface area contributed by atoms with Gasteiger partial charge in [-0.05, 0) is 48.9 Å². The first kappa shape index (κ1) is 23.6. The van der Waals surface area contributed by atoms with E-state index < -0.39 is 5.60 Å². The summed E-state index contributed by atoms with van der Waals surface area (Å²) in [6.45, 7) is 2.46. The molecule has 0 radical (unpaired) electrons. The minimum Gasteiger partial charge on any atom is -0.484 e. The molecule has 2 heterocycles. The van der Waals surface area contributed by atoms with Gasteiger partial charge in [0.2, 0.25) is 0 Å².